The highest BCUT2D eigenvalue weighted by Gasteiger charge is 2.51. The average Bonchev–Trinajstić information content (AvgIpc) is 3.27. The monoisotopic (exact) mass is 664 g/mol. The molecule has 0 radical (unpaired) electrons. The molecule has 5 rings (SSSR count). The number of carbonyl (C=O) groups is 5. The van der Waals surface area contributed by atoms with Crippen molar-refractivity contribution in [2.75, 3.05) is 14.2 Å². The first-order valence-corrected chi connectivity index (χ1v) is 16.5. The minimum atomic E-state index is -1.20. The molecule has 0 spiro atoms. The zero-order chi connectivity index (χ0) is 35.5. The molecule has 4 atom stereocenters. The number of hydrogen-bond donors (Lipinski definition) is 1. The second kappa shape index (κ2) is 14.3. The van der Waals surface area contributed by atoms with Gasteiger partial charge in [0.25, 0.3) is 0 Å². The third-order valence-electron chi connectivity index (χ3n) is 9.49. The molecule has 2 bridgehead atoms. The van der Waals surface area contributed by atoms with E-state index >= 15 is 0 Å². The van der Waals surface area contributed by atoms with Crippen LogP contribution in [0.1, 0.15) is 85.1 Å². The van der Waals surface area contributed by atoms with Gasteiger partial charge < -0.3 is 24.1 Å². The third kappa shape index (κ3) is 8.04. The summed E-state index contributed by atoms with van der Waals surface area (Å²) in [6.07, 6.45) is 6.08. The van der Waals surface area contributed by atoms with E-state index in [-0.39, 0.29) is 42.6 Å². The minimum absolute atomic E-state index is 0.0118. The lowest BCUT2D eigenvalue weighted by atomic mass is 9.70. The van der Waals surface area contributed by atoms with Crippen LogP contribution < -0.4 is 0 Å². The number of aliphatic hydroxyl groups excluding tert-OH is 1. The summed E-state index contributed by atoms with van der Waals surface area (Å²) in [7, 11) is 2.66. The quantitative estimate of drug-likeness (QED) is 0.109. The second-order valence-corrected chi connectivity index (χ2v) is 14.7. The maximum atomic E-state index is 14.1. The van der Waals surface area contributed by atoms with Crippen LogP contribution in [0.25, 0.3) is 0 Å². The Bertz CT molecular complexity index is 1530. The average molecular weight is 665 g/mol. The first kappa shape index (κ1) is 36.9. The predicted octanol–water partition coefficient (Wildman–Crippen LogP) is 5.31. The van der Waals surface area contributed by atoms with Crippen LogP contribution in [0.2, 0.25) is 0 Å². The Balaban J connectivity index is 1.55. The molecule has 4 aliphatic carbocycles. The van der Waals surface area contributed by atoms with Crippen LogP contribution in [0, 0.1) is 16.7 Å². The molecule has 1 aromatic carbocycles. The number of benzene rings is 1. The van der Waals surface area contributed by atoms with Gasteiger partial charge in [-0.3, -0.25) is 14.4 Å². The summed E-state index contributed by atoms with van der Waals surface area (Å²) in [6.45, 7) is 8.58. The molecule has 260 valence electrons. The van der Waals surface area contributed by atoms with Gasteiger partial charge in [0.05, 0.1) is 23.5 Å². The maximum absolute atomic E-state index is 14.1. The van der Waals surface area contributed by atoms with Gasteiger partial charge in [0.1, 0.15) is 16.8 Å². The molecule has 48 heavy (non-hydrogen) atoms. The van der Waals surface area contributed by atoms with Gasteiger partial charge in [-0.15, -0.1) is 0 Å². The number of ketones is 2. The first-order valence-electron chi connectivity index (χ1n) is 16.5. The number of methoxy groups -OCH3 is 2. The normalized spacial score (nSPS) is 25.4. The molecular weight excluding hydrogens is 616 g/mol. The highest BCUT2D eigenvalue weighted by molar-refractivity contribution is 6.21. The van der Waals surface area contributed by atoms with Crippen LogP contribution in [0.5, 0.6) is 0 Å². The Morgan fingerprint density at radius 3 is 2.27 bits per heavy atom. The smallest absolute Gasteiger partial charge is 0.342 e. The number of ether oxygens (including phenoxy) is 4. The molecule has 0 heterocycles. The molecule has 0 saturated heterocycles. The predicted molar refractivity (Wildman–Crippen MR) is 176 cm³/mol. The molecule has 0 amide bonds. The zero-order valence-electron chi connectivity index (χ0n) is 29.1. The molecule has 1 aromatic rings. The SMILES string of the molecule is COC(=O)C1(Cc2ccccc2)C=C(C(=O)OC(C)(C)C/C=C\C23CCC(=C(C(=O)OC(C)(C)C)C2=O)C(C(O)OC)CC3)C(=O)CC1. The van der Waals surface area contributed by atoms with Crippen LogP contribution in [0.15, 0.2) is 65.3 Å². The lowest BCUT2D eigenvalue weighted by molar-refractivity contribution is -0.154. The highest BCUT2D eigenvalue weighted by Crippen LogP contribution is 2.50. The van der Waals surface area contributed by atoms with E-state index in [2.05, 4.69) is 0 Å². The molecular formula is C38H48O10. The molecule has 1 saturated carbocycles. The standard InChI is InChI=1S/C38H48O10/c1-35(2,3)47-33(43)29-25-14-19-37(30(29)40,20-15-26(25)31(41)45-6)18-11-17-36(4,5)48-32(42)27-23-38(34(44)46-7,21-16-28(27)39)22-24-12-9-8-10-13-24/h8-13,18,23,26,31,41H,14-17,19-22H2,1-7H3/b18-11-. The van der Waals surface area contributed by atoms with Crippen molar-refractivity contribution in [2.45, 2.75) is 103 Å². The van der Waals surface area contributed by atoms with E-state index in [1.54, 1.807) is 46.8 Å². The maximum Gasteiger partial charge on any atom is 0.342 e. The fraction of sp³-hybridized carbons (Fsp3) is 0.553. The minimum Gasteiger partial charge on any atom is -0.468 e. The second-order valence-electron chi connectivity index (χ2n) is 14.7. The van der Waals surface area contributed by atoms with Crippen molar-refractivity contribution in [2.24, 2.45) is 16.7 Å². The van der Waals surface area contributed by atoms with E-state index in [1.807, 2.05) is 30.3 Å². The Hall–Kier alpha value is -3.89. The van der Waals surface area contributed by atoms with Gasteiger partial charge in [0.2, 0.25) is 0 Å². The molecule has 10 heteroatoms. The number of fused-ring (bicyclic) bond motifs is 4. The largest absolute Gasteiger partial charge is 0.468 e. The summed E-state index contributed by atoms with van der Waals surface area (Å²) in [5.74, 6) is -3.38. The van der Waals surface area contributed by atoms with Crippen molar-refractivity contribution in [3.63, 3.8) is 0 Å². The van der Waals surface area contributed by atoms with E-state index in [1.165, 1.54) is 20.3 Å². The van der Waals surface area contributed by atoms with E-state index in [4.69, 9.17) is 18.9 Å². The van der Waals surface area contributed by atoms with Gasteiger partial charge in [-0.2, -0.15) is 0 Å². The number of aliphatic hydroxyl groups is 1. The van der Waals surface area contributed by atoms with Crippen molar-refractivity contribution in [1.29, 1.82) is 0 Å². The van der Waals surface area contributed by atoms with Gasteiger partial charge in [-0.25, -0.2) is 9.59 Å². The van der Waals surface area contributed by atoms with Gasteiger partial charge in [-0.1, -0.05) is 42.5 Å². The van der Waals surface area contributed by atoms with Crippen molar-refractivity contribution >= 4 is 29.5 Å². The van der Waals surface area contributed by atoms with Gasteiger partial charge in [0, 0.05) is 25.9 Å². The summed E-state index contributed by atoms with van der Waals surface area (Å²) in [5.41, 5.74) is -2.93. The van der Waals surface area contributed by atoms with Gasteiger partial charge in [0.15, 0.2) is 17.9 Å². The van der Waals surface area contributed by atoms with Crippen LogP contribution in [-0.2, 0) is 49.3 Å². The molecule has 1 fully saturated rings. The van der Waals surface area contributed by atoms with Crippen LogP contribution in [0.3, 0.4) is 0 Å². The Morgan fingerprint density at radius 1 is 0.958 bits per heavy atom. The third-order valence-corrected chi connectivity index (χ3v) is 9.49. The van der Waals surface area contributed by atoms with E-state index in [0.29, 0.717) is 31.3 Å². The Morgan fingerprint density at radius 2 is 1.65 bits per heavy atom. The summed E-state index contributed by atoms with van der Waals surface area (Å²) < 4.78 is 21.8. The number of hydrogen-bond acceptors (Lipinski definition) is 10. The number of allylic oxidation sites excluding steroid dienone is 1. The summed E-state index contributed by atoms with van der Waals surface area (Å²) in [6, 6.07) is 9.32. The van der Waals surface area contributed by atoms with Gasteiger partial charge in [-0.05, 0) is 90.4 Å². The van der Waals surface area contributed by atoms with Gasteiger partial charge >= 0.3 is 17.9 Å². The summed E-state index contributed by atoms with van der Waals surface area (Å²) >= 11 is 0. The molecule has 4 aliphatic rings. The van der Waals surface area contributed by atoms with E-state index in [9.17, 15) is 29.1 Å². The number of carbonyl (C=O) groups excluding carboxylic acids is 5. The van der Waals surface area contributed by atoms with Crippen molar-refractivity contribution < 1.29 is 48.0 Å². The van der Waals surface area contributed by atoms with Crippen molar-refractivity contribution in [3.8, 4) is 0 Å². The highest BCUT2D eigenvalue weighted by atomic mass is 16.6. The van der Waals surface area contributed by atoms with Crippen molar-refractivity contribution in [1.82, 2.24) is 0 Å². The van der Waals surface area contributed by atoms with Crippen molar-refractivity contribution in [3.05, 3.63) is 70.8 Å². The Labute approximate surface area is 282 Å². The molecule has 0 aromatic heterocycles. The first-order chi connectivity index (χ1) is 22.5. The number of esters is 3. The topological polar surface area (TPSA) is 143 Å². The van der Waals surface area contributed by atoms with E-state index < -0.39 is 57.9 Å². The molecule has 10 nitrogen and oxygen atoms in total. The number of Topliss-reactive ketones (excluding diaryl/α,β-unsaturated/α-hetero) is 2. The summed E-state index contributed by atoms with van der Waals surface area (Å²) in [4.78, 5) is 66.9. The zero-order valence-corrected chi connectivity index (χ0v) is 29.1. The molecule has 0 aliphatic heterocycles. The lowest BCUT2D eigenvalue weighted by Crippen LogP contribution is -2.39. The number of rotatable bonds is 11. The fourth-order valence-corrected chi connectivity index (χ4v) is 6.99. The molecule has 4 unspecified atom stereocenters. The van der Waals surface area contributed by atoms with Crippen LogP contribution >= 0.6 is 0 Å². The summed E-state index contributed by atoms with van der Waals surface area (Å²) in [5, 5.41) is 10.6. The lowest BCUT2D eigenvalue weighted by Gasteiger charge is -2.34. The van der Waals surface area contributed by atoms with E-state index in [0.717, 1.165) is 5.56 Å². The fourth-order valence-electron chi connectivity index (χ4n) is 6.99. The van der Waals surface area contributed by atoms with Crippen LogP contribution in [0.4, 0.5) is 0 Å². The van der Waals surface area contributed by atoms with Crippen LogP contribution in [-0.4, -0.2) is 66.3 Å². The molecule has 1 N–H and O–H groups in total. The Kier molecular flexibility index (Phi) is 11.0.